The van der Waals surface area contributed by atoms with E-state index >= 15 is 0 Å². The Hall–Kier alpha value is -2.82. The maximum Gasteiger partial charge on any atom is 0.250 e. The van der Waals surface area contributed by atoms with Gasteiger partial charge in [-0.05, 0) is 42.7 Å². The Morgan fingerprint density at radius 2 is 1.74 bits per heavy atom. The Labute approximate surface area is 159 Å². The Kier molecular flexibility index (Phi) is 4.60. The number of anilines is 1. The second kappa shape index (κ2) is 7.06. The molecule has 1 unspecified atom stereocenters. The Bertz CT molecular complexity index is 826. The molecule has 1 heterocycles. The normalized spacial score (nSPS) is 20.9. The molecule has 1 saturated carbocycles. The van der Waals surface area contributed by atoms with Crippen LogP contribution in [0.4, 0.5) is 5.69 Å². The van der Waals surface area contributed by atoms with Crippen LogP contribution in [0.15, 0.2) is 54.6 Å². The molecule has 2 amide bonds. The van der Waals surface area contributed by atoms with E-state index in [-0.39, 0.29) is 17.9 Å². The lowest BCUT2D eigenvalue weighted by molar-refractivity contribution is -0.163. The molecule has 1 atom stereocenters. The van der Waals surface area contributed by atoms with Crippen LogP contribution in [0.1, 0.15) is 43.7 Å². The maximum absolute atomic E-state index is 13.3. The number of ether oxygens (including phenoxy) is 1. The number of nitrogens with one attached hydrogen (secondary N) is 1. The standard InChI is InChI=1S/C22H24N2O3/c1-27-18-11-9-17(10-12-18)23-21(26)22(13-5-6-14-22)24-19(15-20(24)25)16-7-3-2-4-8-16/h2-4,7-12,19H,5-6,13-15H2,1H3,(H,23,26). The molecule has 4 rings (SSSR count). The second-order valence-electron chi connectivity index (χ2n) is 7.32. The molecule has 0 bridgehead atoms. The topological polar surface area (TPSA) is 58.6 Å². The molecule has 2 aromatic rings. The van der Waals surface area contributed by atoms with Crippen LogP contribution in [0.25, 0.3) is 0 Å². The smallest absolute Gasteiger partial charge is 0.250 e. The van der Waals surface area contributed by atoms with Crippen LogP contribution in [0.5, 0.6) is 5.75 Å². The predicted molar refractivity (Wildman–Crippen MR) is 103 cm³/mol. The van der Waals surface area contributed by atoms with Gasteiger partial charge in [0.15, 0.2) is 0 Å². The summed E-state index contributed by atoms with van der Waals surface area (Å²) in [7, 11) is 1.61. The number of benzene rings is 2. The fourth-order valence-electron chi connectivity index (χ4n) is 4.35. The van der Waals surface area contributed by atoms with Crippen molar-refractivity contribution < 1.29 is 14.3 Å². The van der Waals surface area contributed by atoms with E-state index in [1.165, 1.54) is 0 Å². The number of nitrogens with zero attached hydrogens (tertiary/aromatic N) is 1. The Morgan fingerprint density at radius 1 is 1.07 bits per heavy atom. The van der Waals surface area contributed by atoms with Gasteiger partial charge < -0.3 is 15.0 Å². The molecule has 0 radical (unpaired) electrons. The predicted octanol–water partition coefficient (Wildman–Crippen LogP) is 3.92. The molecule has 1 saturated heterocycles. The third-order valence-corrected chi connectivity index (χ3v) is 5.80. The van der Waals surface area contributed by atoms with E-state index < -0.39 is 5.54 Å². The van der Waals surface area contributed by atoms with E-state index in [0.29, 0.717) is 19.3 Å². The minimum atomic E-state index is -0.754. The van der Waals surface area contributed by atoms with Crippen LogP contribution >= 0.6 is 0 Å². The number of hydrogen-bond acceptors (Lipinski definition) is 3. The monoisotopic (exact) mass is 364 g/mol. The summed E-state index contributed by atoms with van der Waals surface area (Å²) < 4.78 is 5.17. The Morgan fingerprint density at radius 3 is 2.33 bits per heavy atom. The van der Waals surface area contributed by atoms with Crippen LogP contribution in [0.2, 0.25) is 0 Å². The van der Waals surface area contributed by atoms with Crippen molar-refractivity contribution in [1.29, 1.82) is 0 Å². The molecule has 2 fully saturated rings. The lowest BCUT2D eigenvalue weighted by Gasteiger charge is -2.51. The van der Waals surface area contributed by atoms with E-state index in [9.17, 15) is 9.59 Å². The zero-order valence-electron chi connectivity index (χ0n) is 15.5. The van der Waals surface area contributed by atoms with Crippen molar-refractivity contribution in [2.75, 3.05) is 12.4 Å². The van der Waals surface area contributed by atoms with E-state index in [2.05, 4.69) is 5.32 Å². The molecule has 0 spiro atoms. The van der Waals surface area contributed by atoms with Crippen LogP contribution in [-0.4, -0.2) is 29.4 Å². The van der Waals surface area contributed by atoms with Gasteiger partial charge in [-0.25, -0.2) is 0 Å². The SMILES string of the molecule is COc1ccc(NC(=O)C2(N3C(=O)CC3c3ccccc3)CCCC2)cc1. The van der Waals surface area contributed by atoms with Gasteiger partial charge in [0.1, 0.15) is 11.3 Å². The van der Waals surface area contributed by atoms with Gasteiger partial charge in [0, 0.05) is 5.69 Å². The third-order valence-electron chi connectivity index (χ3n) is 5.80. The Balaban J connectivity index is 1.60. The molecular weight excluding hydrogens is 340 g/mol. The molecular formula is C22H24N2O3. The van der Waals surface area contributed by atoms with Crippen molar-refractivity contribution in [2.24, 2.45) is 0 Å². The number of amides is 2. The first kappa shape index (κ1) is 17.6. The van der Waals surface area contributed by atoms with Crippen LogP contribution < -0.4 is 10.1 Å². The molecule has 1 aliphatic carbocycles. The molecule has 5 heteroatoms. The van der Waals surface area contributed by atoms with Gasteiger partial charge in [-0.15, -0.1) is 0 Å². The third kappa shape index (κ3) is 3.07. The molecule has 140 valence electrons. The van der Waals surface area contributed by atoms with Gasteiger partial charge >= 0.3 is 0 Å². The lowest BCUT2D eigenvalue weighted by atomic mass is 9.83. The summed E-state index contributed by atoms with van der Waals surface area (Å²) in [5.74, 6) is 0.723. The number of methoxy groups -OCH3 is 1. The first-order valence-corrected chi connectivity index (χ1v) is 9.47. The molecule has 2 aromatic carbocycles. The van der Waals surface area contributed by atoms with Gasteiger partial charge in [0.05, 0.1) is 19.6 Å². The molecule has 5 nitrogen and oxygen atoms in total. The summed E-state index contributed by atoms with van der Waals surface area (Å²) in [4.78, 5) is 27.7. The fraction of sp³-hybridized carbons (Fsp3) is 0.364. The van der Waals surface area contributed by atoms with Gasteiger partial charge in [-0.2, -0.15) is 0 Å². The average Bonchev–Trinajstić information content (AvgIpc) is 3.17. The number of β-lactam (4-membered cyclic amide) rings is 1. The first-order valence-electron chi connectivity index (χ1n) is 9.47. The number of hydrogen-bond donors (Lipinski definition) is 1. The summed E-state index contributed by atoms with van der Waals surface area (Å²) in [6.07, 6.45) is 3.82. The van der Waals surface area contributed by atoms with Crippen molar-refractivity contribution in [1.82, 2.24) is 4.90 Å². The number of carbonyl (C=O) groups is 2. The highest BCUT2D eigenvalue weighted by atomic mass is 16.5. The first-order chi connectivity index (χ1) is 13.1. The summed E-state index contributed by atoms with van der Waals surface area (Å²) in [5.41, 5.74) is 1.06. The van der Waals surface area contributed by atoms with Gasteiger partial charge in [-0.1, -0.05) is 43.2 Å². The lowest BCUT2D eigenvalue weighted by Crippen LogP contribution is -2.64. The minimum Gasteiger partial charge on any atom is -0.497 e. The van der Waals surface area contributed by atoms with Crippen LogP contribution in [0, 0.1) is 0 Å². The van der Waals surface area contributed by atoms with Crippen molar-refractivity contribution in [3.8, 4) is 5.75 Å². The largest absolute Gasteiger partial charge is 0.497 e. The van der Waals surface area contributed by atoms with Gasteiger partial charge in [-0.3, -0.25) is 9.59 Å². The molecule has 2 aliphatic rings. The summed E-state index contributed by atoms with van der Waals surface area (Å²) >= 11 is 0. The quantitative estimate of drug-likeness (QED) is 0.818. The minimum absolute atomic E-state index is 0.0154. The number of rotatable bonds is 5. The summed E-state index contributed by atoms with van der Waals surface area (Å²) in [6, 6.07) is 17.3. The van der Waals surface area contributed by atoms with Crippen molar-refractivity contribution in [3.05, 3.63) is 60.2 Å². The summed E-state index contributed by atoms with van der Waals surface area (Å²) in [5, 5.41) is 3.03. The van der Waals surface area contributed by atoms with E-state index in [4.69, 9.17) is 4.74 Å². The van der Waals surface area contributed by atoms with E-state index in [1.54, 1.807) is 7.11 Å². The second-order valence-corrected chi connectivity index (χ2v) is 7.32. The average molecular weight is 364 g/mol. The highest BCUT2D eigenvalue weighted by Gasteiger charge is 2.55. The van der Waals surface area contributed by atoms with Crippen LogP contribution in [-0.2, 0) is 9.59 Å². The number of likely N-dealkylation sites (tertiary alicyclic amines) is 1. The van der Waals surface area contributed by atoms with Crippen LogP contribution in [0.3, 0.4) is 0 Å². The highest BCUT2D eigenvalue weighted by molar-refractivity contribution is 6.02. The van der Waals surface area contributed by atoms with Gasteiger partial charge in [0.25, 0.3) is 0 Å². The molecule has 1 aliphatic heterocycles. The van der Waals surface area contributed by atoms with Gasteiger partial charge in [0.2, 0.25) is 11.8 Å². The molecule has 0 aromatic heterocycles. The summed E-state index contributed by atoms with van der Waals surface area (Å²) in [6.45, 7) is 0. The number of carbonyl (C=O) groups excluding carboxylic acids is 2. The fourth-order valence-corrected chi connectivity index (χ4v) is 4.35. The van der Waals surface area contributed by atoms with E-state index in [1.807, 2.05) is 59.5 Å². The zero-order chi connectivity index (χ0) is 18.9. The maximum atomic E-state index is 13.3. The van der Waals surface area contributed by atoms with Crippen molar-refractivity contribution in [3.63, 3.8) is 0 Å². The zero-order valence-corrected chi connectivity index (χ0v) is 15.5. The van der Waals surface area contributed by atoms with Crippen molar-refractivity contribution >= 4 is 17.5 Å². The molecule has 1 N–H and O–H groups in total. The molecule has 27 heavy (non-hydrogen) atoms. The highest BCUT2D eigenvalue weighted by Crippen LogP contribution is 2.47. The van der Waals surface area contributed by atoms with E-state index in [0.717, 1.165) is 29.8 Å². The van der Waals surface area contributed by atoms with Crippen molar-refractivity contribution in [2.45, 2.75) is 43.7 Å².